The van der Waals surface area contributed by atoms with Crippen LogP contribution in [0.5, 0.6) is 0 Å². The second-order valence-corrected chi connectivity index (χ2v) is 10.2. The van der Waals surface area contributed by atoms with Gasteiger partial charge in [0.15, 0.2) is 0 Å². The average molecular weight is 487 g/mol. The lowest BCUT2D eigenvalue weighted by molar-refractivity contribution is 0.157. The molecular formula is C28H38N8. The molecule has 8 heteroatoms. The summed E-state index contributed by atoms with van der Waals surface area (Å²) in [5, 5.41) is 7.15. The average Bonchev–Trinajstić information content (AvgIpc) is 2.89. The van der Waals surface area contributed by atoms with Gasteiger partial charge in [0, 0.05) is 75.5 Å². The number of hydrogen-bond donors (Lipinski definition) is 2. The lowest BCUT2D eigenvalue weighted by Crippen LogP contribution is -2.52. The number of fused-ring (bicyclic) bond motifs is 8. The van der Waals surface area contributed by atoms with Gasteiger partial charge in [-0.1, -0.05) is 12.1 Å². The molecule has 3 aliphatic heterocycles. The molecule has 0 amide bonds. The number of nitrogens with one attached hydrogen (secondary N) is 2. The molecule has 8 nitrogen and oxygen atoms in total. The van der Waals surface area contributed by atoms with Crippen molar-refractivity contribution in [2.75, 3.05) is 57.0 Å². The van der Waals surface area contributed by atoms with E-state index < -0.39 is 0 Å². The molecule has 0 spiro atoms. The molecule has 8 bridgehead atoms. The van der Waals surface area contributed by atoms with Gasteiger partial charge in [0.1, 0.15) is 5.82 Å². The van der Waals surface area contributed by atoms with Crippen LogP contribution in [-0.2, 0) is 6.54 Å². The number of benzene rings is 1. The SMILES string of the molecule is CC1CC2CN(CCN2)Cc2cccc(c2)Nc2nccc(n2)-c2ccc(nc2)N(C)CCCN1C. The predicted octanol–water partition coefficient (Wildman–Crippen LogP) is 3.61. The largest absolute Gasteiger partial charge is 0.360 e. The zero-order valence-electron chi connectivity index (χ0n) is 21.7. The molecule has 6 rings (SSSR count). The van der Waals surface area contributed by atoms with E-state index in [4.69, 9.17) is 9.97 Å². The molecule has 0 radical (unpaired) electrons. The Morgan fingerprint density at radius 2 is 1.92 bits per heavy atom. The number of anilines is 3. The quantitative estimate of drug-likeness (QED) is 0.499. The maximum Gasteiger partial charge on any atom is 0.227 e. The third kappa shape index (κ3) is 6.19. The molecule has 1 saturated heterocycles. The Balaban J connectivity index is 1.40. The first-order chi connectivity index (χ1) is 17.5. The molecule has 2 N–H and O–H groups in total. The number of pyridine rings is 1. The van der Waals surface area contributed by atoms with E-state index in [9.17, 15) is 0 Å². The van der Waals surface area contributed by atoms with Crippen molar-refractivity contribution >= 4 is 17.5 Å². The van der Waals surface area contributed by atoms with Crippen molar-refractivity contribution in [3.05, 3.63) is 60.4 Å². The Labute approximate surface area is 214 Å². The fraction of sp³-hybridized carbons (Fsp3) is 0.464. The van der Waals surface area contributed by atoms with Gasteiger partial charge in [-0.15, -0.1) is 0 Å². The molecule has 1 fully saturated rings. The maximum atomic E-state index is 4.75. The van der Waals surface area contributed by atoms with Gasteiger partial charge in [-0.2, -0.15) is 0 Å². The first-order valence-corrected chi connectivity index (χ1v) is 13.1. The van der Waals surface area contributed by atoms with Gasteiger partial charge in [0.25, 0.3) is 0 Å². The van der Waals surface area contributed by atoms with Crippen molar-refractivity contribution < 1.29 is 0 Å². The smallest absolute Gasteiger partial charge is 0.227 e. The van der Waals surface area contributed by atoms with E-state index >= 15 is 0 Å². The van der Waals surface area contributed by atoms with Crippen molar-refractivity contribution in [2.45, 2.75) is 38.4 Å². The van der Waals surface area contributed by atoms with Crippen molar-refractivity contribution in [3.8, 4) is 11.3 Å². The molecule has 1 aromatic carbocycles. The first kappa shape index (κ1) is 24.6. The fourth-order valence-corrected chi connectivity index (χ4v) is 5.16. The summed E-state index contributed by atoms with van der Waals surface area (Å²) < 4.78 is 0. The molecule has 5 heterocycles. The highest BCUT2D eigenvalue weighted by atomic mass is 15.2. The molecule has 2 aromatic heterocycles. The Morgan fingerprint density at radius 3 is 2.78 bits per heavy atom. The molecule has 3 aromatic rings. The number of rotatable bonds is 0. The van der Waals surface area contributed by atoms with Gasteiger partial charge < -0.3 is 20.4 Å². The fourth-order valence-electron chi connectivity index (χ4n) is 5.16. The van der Waals surface area contributed by atoms with Gasteiger partial charge >= 0.3 is 0 Å². The summed E-state index contributed by atoms with van der Waals surface area (Å²) in [6.45, 7) is 8.53. The van der Waals surface area contributed by atoms with Crippen LogP contribution in [0.1, 0.15) is 25.3 Å². The van der Waals surface area contributed by atoms with E-state index in [1.807, 2.05) is 12.3 Å². The maximum absolute atomic E-state index is 4.75. The summed E-state index contributed by atoms with van der Waals surface area (Å²) in [6, 6.07) is 15.7. The molecule has 3 atom stereocenters. The highest BCUT2D eigenvalue weighted by Gasteiger charge is 2.23. The van der Waals surface area contributed by atoms with E-state index in [1.165, 1.54) is 5.56 Å². The van der Waals surface area contributed by atoms with E-state index in [0.717, 1.165) is 74.9 Å². The van der Waals surface area contributed by atoms with Gasteiger partial charge in [-0.25, -0.2) is 15.0 Å². The van der Waals surface area contributed by atoms with Gasteiger partial charge in [0.2, 0.25) is 5.95 Å². The summed E-state index contributed by atoms with van der Waals surface area (Å²) in [5.74, 6) is 1.57. The van der Waals surface area contributed by atoms with Crippen LogP contribution in [0.15, 0.2) is 54.9 Å². The Hall–Kier alpha value is -3.07. The van der Waals surface area contributed by atoms with Crippen LogP contribution in [0, 0.1) is 0 Å². The zero-order chi connectivity index (χ0) is 24.9. The molecular weight excluding hydrogens is 448 g/mol. The Bertz CT molecular complexity index is 1130. The Kier molecular flexibility index (Phi) is 7.75. The third-order valence-corrected chi connectivity index (χ3v) is 7.40. The van der Waals surface area contributed by atoms with Gasteiger partial charge in [0.05, 0.1) is 5.69 Å². The minimum Gasteiger partial charge on any atom is -0.360 e. The zero-order valence-corrected chi connectivity index (χ0v) is 21.7. The summed E-state index contributed by atoms with van der Waals surface area (Å²) in [5.41, 5.74) is 4.14. The first-order valence-electron chi connectivity index (χ1n) is 13.1. The van der Waals surface area contributed by atoms with Crippen LogP contribution in [-0.4, -0.2) is 83.7 Å². The monoisotopic (exact) mass is 486 g/mol. The summed E-state index contributed by atoms with van der Waals surface area (Å²) in [6.07, 6.45) is 5.95. The predicted molar refractivity (Wildman–Crippen MR) is 147 cm³/mol. The van der Waals surface area contributed by atoms with Crippen molar-refractivity contribution in [2.24, 2.45) is 0 Å². The van der Waals surface area contributed by atoms with E-state index in [2.05, 4.69) is 87.7 Å². The molecule has 36 heavy (non-hydrogen) atoms. The van der Waals surface area contributed by atoms with Gasteiger partial charge in [-0.05, 0) is 69.3 Å². The third-order valence-electron chi connectivity index (χ3n) is 7.40. The van der Waals surface area contributed by atoms with E-state index in [0.29, 0.717) is 18.0 Å². The van der Waals surface area contributed by atoms with E-state index in [1.54, 1.807) is 6.20 Å². The minimum absolute atomic E-state index is 0.511. The van der Waals surface area contributed by atoms with Crippen LogP contribution in [0.2, 0.25) is 0 Å². The van der Waals surface area contributed by atoms with Crippen LogP contribution in [0.25, 0.3) is 11.3 Å². The minimum atomic E-state index is 0.511. The summed E-state index contributed by atoms with van der Waals surface area (Å²) >= 11 is 0. The molecule has 190 valence electrons. The number of aromatic nitrogens is 3. The number of nitrogens with zero attached hydrogens (tertiary/aromatic N) is 6. The second-order valence-electron chi connectivity index (χ2n) is 10.2. The van der Waals surface area contributed by atoms with Crippen molar-refractivity contribution in [1.82, 2.24) is 30.1 Å². The Morgan fingerprint density at radius 1 is 1.00 bits per heavy atom. The summed E-state index contributed by atoms with van der Waals surface area (Å²) in [7, 11) is 4.37. The number of piperazine rings is 1. The normalized spacial score (nSPS) is 23.9. The van der Waals surface area contributed by atoms with Crippen LogP contribution >= 0.6 is 0 Å². The summed E-state index contributed by atoms with van der Waals surface area (Å²) in [4.78, 5) is 21.2. The molecule has 0 saturated carbocycles. The van der Waals surface area contributed by atoms with Crippen molar-refractivity contribution in [3.63, 3.8) is 0 Å². The van der Waals surface area contributed by atoms with E-state index in [-0.39, 0.29) is 0 Å². The second kappa shape index (κ2) is 11.3. The van der Waals surface area contributed by atoms with Crippen LogP contribution < -0.4 is 15.5 Å². The molecule has 0 aliphatic carbocycles. The number of hydrogen-bond acceptors (Lipinski definition) is 8. The van der Waals surface area contributed by atoms with Crippen LogP contribution in [0.3, 0.4) is 0 Å². The topological polar surface area (TPSA) is 72.4 Å². The van der Waals surface area contributed by atoms with Crippen molar-refractivity contribution in [1.29, 1.82) is 0 Å². The highest BCUT2D eigenvalue weighted by Crippen LogP contribution is 2.22. The van der Waals surface area contributed by atoms with Gasteiger partial charge in [-0.3, -0.25) is 4.90 Å². The lowest BCUT2D eigenvalue weighted by Gasteiger charge is -2.36. The molecule has 3 aliphatic rings. The lowest BCUT2D eigenvalue weighted by atomic mass is 10.0. The van der Waals surface area contributed by atoms with Crippen LogP contribution in [0.4, 0.5) is 17.5 Å². The molecule has 3 unspecified atom stereocenters. The highest BCUT2D eigenvalue weighted by molar-refractivity contribution is 5.62. The standard InChI is InChI=1S/C28H38N8/c1-21-16-25-20-36(15-12-29-25)19-22-6-4-7-24(17-22)32-28-30-11-10-26(33-28)23-8-9-27(31-18-23)35(3)14-5-13-34(21)2/h4,6-11,17-18,21,25,29H,5,12-16,19-20H2,1-3H3,(H,30,32,33).